The summed E-state index contributed by atoms with van der Waals surface area (Å²) in [6, 6.07) is 10.9. The van der Waals surface area contributed by atoms with Crippen molar-refractivity contribution in [3.8, 4) is 0 Å². The van der Waals surface area contributed by atoms with Crippen LogP contribution in [0.15, 0.2) is 40.3 Å². The fraction of sp³-hybridized carbons (Fsp3) is 0.680. The summed E-state index contributed by atoms with van der Waals surface area (Å²) in [6.07, 6.45) is 15.4. The molecule has 6 nitrogen and oxygen atoms in total. The number of benzene rings is 1. The Labute approximate surface area is 188 Å². The molecule has 4 N–H and O–H groups in total. The van der Waals surface area contributed by atoms with Crippen LogP contribution in [-0.4, -0.2) is 29.3 Å². The molecule has 0 aromatic heterocycles. The Kier molecular flexibility index (Phi) is 9.19. The van der Waals surface area contributed by atoms with Gasteiger partial charge in [-0.3, -0.25) is 4.84 Å². The third-order valence-corrected chi connectivity index (χ3v) is 6.66. The minimum Gasteiger partial charge on any atom is -0.368 e. The van der Waals surface area contributed by atoms with E-state index in [0.29, 0.717) is 18.5 Å². The largest absolute Gasteiger partial charge is 0.368 e. The zero-order valence-electron chi connectivity index (χ0n) is 19.3. The Balaban J connectivity index is 1.25. The fourth-order valence-electron chi connectivity index (χ4n) is 4.82. The highest BCUT2D eigenvalue weighted by Crippen LogP contribution is 2.36. The summed E-state index contributed by atoms with van der Waals surface area (Å²) >= 11 is 0. The van der Waals surface area contributed by atoms with E-state index in [4.69, 9.17) is 16.3 Å². The van der Waals surface area contributed by atoms with Gasteiger partial charge in [0.15, 0.2) is 5.66 Å². The second-order valence-corrected chi connectivity index (χ2v) is 9.19. The van der Waals surface area contributed by atoms with E-state index in [1.165, 1.54) is 56.9 Å². The Morgan fingerprint density at radius 2 is 1.58 bits per heavy atom. The zero-order chi connectivity index (χ0) is 21.9. The van der Waals surface area contributed by atoms with Gasteiger partial charge < -0.3 is 11.5 Å². The summed E-state index contributed by atoms with van der Waals surface area (Å²) in [5.74, 6) is 1.28. The van der Waals surface area contributed by atoms with Crippen LogP contribution in [0.5, 0.6) is 0 Å². The lowest BCUT2D eigenvalue weighted by Gasteiger charge is -2.44. The van der Waals surface area contributed by atoms with Gasteiger partial charge >= 0.3 is 0 Å². The van der Waals surface area contributed by atoms with Gasteiger partial charge in [0.2, 0.25) is 11.9 Å². The molecule has 172 valence electrons. The number of aliphatic imine (C=N–C) groups is 2. The maximum Gasteiger partial charge on any atom is 0.226 e. The van der Waals surface area contributed by atoms with Crippen molar-refractivity contribution in [2.75, 3.05) is 6.61 Å². The molecule has 1 aromatic carbocycles. The molecule has 1 unspecified atom stereocenters. The molecular weight excluding hydrogens is 386 g/mol. The van der Waals surface area contributed by atoms with Gasteiger partial charge in [-0.2, -0.15) is 10.1 Å². The van der Waals surface area contributed by atoms with Gasteiger partial charge in [-0.25, -0.2) is 4.99 Å². The van der Waals surface area contributed by atoms with E-state index in [0.717, 1.165) is 32.1 Å². The third-order valence-electron chi connectivity index (χ3n) is 6.66. The van der Waals surface area contributed by atoms with Crippen LogP contribution < -0.4 is 11.5 Å². The molecule has 0 amide bonds. The van der Waals surface area contributed by atoms with Gasteiger partial charge in [-0.15, -0.1) is 0 Å². The molecule has 0 bridgehead atoms. The summed E-state index contributed by atoms with van der Waals surface area (Å²) < 4.78 is 0. The number of nitrogens with two attached hydrogens (primary N) is 2. The molecule has 1 fully saturated rings. The van der Waals surface area contributed by atoms with E-state index in [1.807, 2.05) is 0 Å². The van der Waals surface area contributed by atoms with Crippen LogP contribution in [0.2, 0.25) is 0 Å². The van der Waals surface area contributed by atoms with Gasteiger partial charge in [-0.05, 0) is 50.0 Å². The highest BCUT2D eigenvalue weighted by atomic mass is 16.7. The van der Waals surface area contributed by atoms with Crippen molar-refractivity contribution in [3.05, 3.63) is 35.9 Å². The predicted molar refractivity (Wildman–Crippen MR) is 129 cm³/mol. The summed E-state index contributed by atoms with van der Waals surface area (Å²) in [6.45, 7) is 2.99. The van der Waals surface area contributed by atoms with Crippen LogP contribution in [0, 0.1) is 0 Å². The molecule has 1 spiro atoms. The van der Waals surface area contributed by atoms with E-state index >= 15 is 0 Å². The SMILES string of the molecule is CC(CCCCCCCCCON1C(N)=NC(N)=NC12CCCCC2)c1ccccc1. The maximum absolute atomic E-state index is 6.13. The van der Waals surface area contributed by atoms with E-state index in [1.54, 1.807) is 5.06 Å². The Morgan fingerprint density at radius 3 is 2.29 bits per heavy atom. The lowest BCUT2D eigenvalue weighted by Crippen LogP contribution is -2.57. The Morgan fingerprint density at radius 1 is 0.935 bits per heavy atom. The smallest absolute Gasteiger partial charge is 0.226 e. The molecule has 0 radical (unpaired) electrons. The lowest BCUT2D eigenvalue weighted by molar-refractivity contribution is -0.177. The van der Waals surface area contributed by atoms with Crippen molar-refractivity contribution >= 4 is 11.9 Å². The molecule has 0 saturated heterocycles. The average Bonchev–Trinajstić information content (AvgIpc) is 2.77. The Bertz CT molecular complexity index is 712. The lowest BCUT2D eigenvalue weighted by atomic mass is 9.89. The van der Waals surface area contributed by atoms with Gasteiger partial charge in [-0.1, -0.05) is 82.2 Å². The highest BCUT2D eigenvalue weighted by molar-refractivity contribution is 5.95. The van der Waals surface area contributed by atoms with E-state index in [9.17, 15) is 0 Å². The minimum atomic E-state index is -0.439. The van der Waals surface area contributed by atoms with Crippen molar-refractivity contribution in [1.82, 2.24) is 5.06 Å². The van der Waals surface area contributed by atoms with E-state index in [-0.39, 0.29) is 5.96 Å². The maximum atomic E-state index is 6.13. The van der Waals surface area contributed by atoms with Gasteiger partial charge in [0.25, 0.3) is 0 Å². The van der Waals surface area contributed by atoms with Gasteiger partial charge in [0.05, 0.1) is 6.61 Å². The van der Waals surface area contributed by atoms with Crippen molar-refractivity contribution in [1.29, 1.82) is 0 Å². The molecular formula is C25H41N5O. The number of unbranched alkanes of at least 4 members (excludes halogenated alkanes) is 6. The van der Waals surface area contributed by atoms with Crippen LogP contribution in [0.3, 0.4) is 0 Å². The summed E-state index contributed by atoms with van der Waals surface area (Å²) in [4.78, 5) is 14.8. The van der Waals surface area contributed by atoms with Crippen molar-refractivity contribution in [2.24, 2.45) is 21.5 Å². The number of guanidine groups is 2. The second-order valence-electron chi connectivity index (χ2n) is 9.19. The number of hydrogen-bond acceptors (Lipinski definition) is 6. The molecule has 1 atom stereocenters. The normalized spacial score (nSPS) is 19.2. The molecule has 1 aromatic rings. The first kappa shape index (κ1) is 23.6. The first-order valence-corrected chi connectivity index (χ1v) is 12.3. The van der Waals surface area contributed by atoms with Crippen LogP contribution in [0.25, 0.3) is 0 Å². The van der Waals surface area contributed by atoms with Crippen molar-refractivity contribution < 1.29 is 4.84 Å². The first-order chi connectivity index (χ1) is 15.1. The number of rotatable bonds is 12. The molecule has 1 aliphatic carbocycles. The zero-order valence-corrected chi connectivity index (χ0v) is 19.3. The van der Waals surface area contributed by atoms with Gasteiger partial charge in [0, 0.05) is 0 Å². The Hall–Kier alpha value is -2.08. The molecule has 31 heavy (non-hydrogen) atoms. The highest BCUT2D eigenvalue weighted by Gasteiger charge is 2.42. The number of nitrogens with zero attached hydrogens (tertiary/aromatic N) is 3. The average molecular weight is 428 g/mol. The van der Waals surface area contributed by atoms with Crippen LogP contribution in [-0.2, 0) is 4.84 Å². The standard InChI is InChI=1S/C25H41N5O/c1-21(22-16-10-7-11-17-22)15-9-5-3-2-4-6-14-20-31-30-24(27)28-23(26)29-25(30)18-12-8-13-19-25/h7,10-11,16-17,21H,2-6,8-9,12-15,18-20H2,1H3,(H4,26,27,28,29). The second kappa shape index (κ2) is 12.1. The molecule has 1 saturated carbocycles. The third kappa shape index (κ3) is 6.96. The first-order valence-electron chi connectivity index (χ1n) is 12.3. The monoisotopic (exact) mass is 427 g/mol. The van der Waals surface area contributed by atoms with E-state index in [2.05, 4.69) is 47.2 Å². The minimum absolute atomic E-state index is 0.275. The summed E-state index contributed by atoms with van der Waals surface area (Å²) in [7, 11) is 0. The van der Waals surface area contributed by atoms with Crippen LogP contribution in [0.4, 0.5) is 0 Å². The number of hydrogen-bond donors (Lipinski definition) is 2. The molecule has 6 heteroatoms. The number of hydroxylamine groups is 2. The van der Waals surface area contributed by atoms with Crippen molar-refractivity contribution in [2.45, 2.75) is 102 Å². The molecule has 1 heterocycles. The molecule has 1 aliphatic heterocycles. The van der Waals surface area contributed by atoms with Gasteiger partial charge in [0.1, 0.15) is 0 Å². The van der Waals surface area contributed by atoms with Crippen molar-refractivity contribution in [3.63, 3.8) is 0 Å². The quantitative estimate of drug-likeness (QED) is 0.434. The van der Waals surface area contributed by atoms with Crippen LogP contribution in [0.1, 0.15) is 102 Å². The van der Waals surface area contributed by atoms with E-state index < -0.39 is 5.66 Å². The van der Waals surface area contributed by atoms with Crippen LogP contribution >= 0.6 is 0 Å². The topological polar surface area (TPSA) is 89.2 Å². The summed E-state index contributed by atoms with van der Waals surface area (Å²) in [5.41, 5.74) is 13.0. The summed E-state index contributed by atoms with van der Waals surface area (Å²) in [5, 5.41) is 1.75. The predicted octanol–water partition coefficient (Wildman–Crippen LogP) is 5.45. The fourth-order valence-corrected chi connectivity index (χ4v) is 4.82. The molecule has 2 aliphatic rings. The molecule has 3 rings (SSSR count).